The minimum atomic E-state index is 1.03. The van der Waals surface area contributed by atoms with Crippen LogP contribution in [0, 0.1) is 13.8 Å². The second-order valence-electron chi connectivity index (χ2n) is 9.95. The number of nitrogens with zero attached hydrogens (tertiary/aromatic N) is 2. The van der Waals surface area contributed by atoms with Gasteiger partial charge in [0.15, 0.2) is 0 Å². The van der Waals surface area contributed by atoms with Crippen LogP contribution in [0.15, 0.2) is 56.1 Å². The number of aromatic nitrogens is 2. The normalized spacial score (nSPS) is 18.5. The van der Waals surface area contributed by atoms with E-state index in [1.54, 1.807) is 0 Å². The standard InChI is InChI=1S/C31H40N4/c1-9-24-18(3)16-32-30(24)14-28-20(5)26(22(7)34-28)12-11-13-27-21(6)29(35-23(27)8)15-31-25(10-2)19(4)17-33-31/h14-17,32-33H,9-13H2,1-8H3/b28-14-,29-15+. The number of aromatic amines is 2. The Bertz CT molecular complexity index is 1230. The first-order chi connectivity index (χ1) is 16.7. The Morgan fingerprint density at radius 3 is 1.43 bits per heavy atom. The molecule has 184 valence electrons. The highest BCUT2D eigenvalue weighted by Gasteiger charge is 2.21. The van der Waals surface area contributed by atoms with Crippen LogP contribution in [0.1, 0.15) is 94.4 Å². The van der Waals surface area contributed by atoms with Gasteiger partial charge in [-0.2, -0.15) is 0 Å². The zero-order valence-corrected chi connectivity index (χ0v) is 22.7. The predicted molar refractivity (Wildman–Crippen MR) is 151 cm³/mol. The van der Waals surface area contributed by atoms with Crippen LogP contribution < -0.4 is 0 Å². The van der Waals surface area contributed by atoms with Crippen LogP contribution >= 0.6 is 0 Å². The molecule has 4 rings (SSSR count). The molecule has 0 amide bonds. The molecule has 35 heavy (non-hydrogen) atoms. The van der Waals surface area contributed by atoms with Gasteiger partial charge in [0, 0.05) is 35.2 Å². The monoisotopic (exact) mass is 468 g/mol. The summed E-state index contributed by atoms with van der Waals surface area (Å²) in [6, 6.07) is 0. The lowest BCUT2D eigenvalue weighted by Crippen LogP contribution is -1.99. The molecular formula is C31H40N4. The molecule has 0 fully saturated rings. The molecule has 2 N–H and O–H groups in total. The summed E-state index contributed by atoms with van der Waals surface area (Å²) in [5, 5.41) is 0. The van der Waals surface area contributed by atoms with Gasteiger partial charge < -0.3 is 9.97 Å². The van der Waals surface area contributed by atoms with Crippen molar-refractivity contribution in [3.63, 3.8) is 0 Å². The number of aliphatic imine (C=N–C) groups is 2. The summed E-state index contributed by atoms with van der Waals surface area (Å²) in [5.74, 6) is 0. The number of nitrogens with one attached hydrogen (secondary N) is 2. The second-order valence-corrected chi connectivity index (χ2v) is 9.95. The fraction of sp³-hybridized carbons (Fsp3) is 0.419. The van der Waals surface area contributed by atoms with Gasteiger partial charge in [-0.05, 0) is 130 Å². The summed E-state index contributed by atoms with van der Waals surface area (Å²) < 4.78 is 0. The third-order valence-electron chi connectivity index (χ3n) is 7.74. The maximum Gasteiger partial charge on any atom is 0.0686 e. The van der Waals surface area contributed by atoms with E-state index in [-0.39, 0.29) is 0 Å². The Balaban J connectivity index is 1.48. The van der Waals surface area contributed by atoms with Crippen LogP contribution in [-0.2, 0) is 12.8 Å². The van der Waals surface area contributed by atoms with Crippen molar-refractivity contribution in [1.29, 1.82) is 0 Å². The first-order valence-electron chi connectivity index (χ1n) is 13.0. The third kappa shape index (κ3) is 4.84. The molecule has 2 aliphatic heterocycles. The predicted octanol–water partition coefficient (Wildman–Crippen LogP) is 8.22. The zero-order chi connectivity index (χ0) is 25.3. The average Bonchev–Trinajstić information content (AvgIpc) is 3.51. The van der Waals surface area contributed by atoms with Gasteiger partial charge in [0.05, 0.1) is 11.4 Å². The molecule has 0 unspecified atom stereocenters. The molecule has 0 aliphatic carbocycles. The Morgan fingerprint density at radius 1 is 0.657 bits per heavy atom. The largest absolute Gasteiger partial charge is 0.361 e. The van der Waals surface area contributed by atoms with Crippen LogP contribution in [-0.4, -0.2) is 21.4 Å². The summed E-state index contributed by atoms with van der Waals surface area (Å²) in [5.41, 5.74) is 17.7. The number of allylic oxidation sites excluding steroid dienone is 4. The SMILES string of the molecule is CCc1c(C)c[nH]c1/C=C1\N=C(C)C(CCCC2=C(C)/C(=C\c3[nH]cc(C)c3CC)N=C2C)=C1C. The van der Waals surface area contributed by atoms with Gasteiger partial charge >= 0.3 is 0 Å². The van der Waals surface area contributed by atoms with Crippen LogP contribution in [0.25, 0.3) is 12.2 Å². The van der Waals surface area contributed by atoms with Gasteiger partial charge in [0.2, 0.25) is 0 Å². The third-order valence-corrected chi connectivity index (χ3v) is 7.74. The minimum Gasteiger partial charge on any atom is -0.361 e. The van der Waals surface area contributed by atoms with E-state index in [1.165, 1.54) is 55.9 Å². The summed E-state index contributed by atoms with van der Waals surface area (Å²) in [6.07, 6.45) is 13.9. The number of hydrogen-bond acceptors (Lipinski definition) is 2. The van der Waals surface area contributed by atoms with Crippen molar-refractivity contribution in [2.45, 2.75) is 87.5 Å². The van der Waals surface area contributed by atoms with Gasteiger partial charge in [-0.3, -0.25) is 9.98 Å². The summed E-state index contributed by atoms with van der Waals surface area (Å²) in [7, 11) is 0. The molecule has 0 saturated heterocycles. The Kier molecular flexibility index (Phi) is 7.30. The maximum atomic E-state index is 4.92. The molecule has 0 radical (unpaired) electrons. The van der Waals surface area contributed by atoms with Gasteiger partial charge in [-0.15, -0.1) is 0 Å². The second kappa shape index (κ2) is 10.2. The van der Waals surface area contributed by atoms with E-state index >= 15 is 0 Å². The van der Waals surface area contributed by atoms with Crippen LogP contribution in [0.4, 0.5) is 0 Å². The van der Waals surface area contributed by atoms with Crippen molar-refractivity contribution in [1.82, 2.24) is 9.97 Å². The van der Waals surface area contributed by atoms with Crippen LogP contribution in [0.5, 0.6) is 0 Å². The van der Waals surface area contributed by atoms with Gasteiger partial charge in [0.25, 0.3) is 0 Å². The van der Waals surface area contributed by atoms with E-state index in [2.05, 4.69) is 89.9 Å². The molecule has 4 heterocycles. The smallest absolute Gasteiger partial charge is 0.0686 e. The summed E-state index contributed by atoms with van der Waals surface area (Å²) in [4.78, 5) is 16.7. The number of rotatable bonds is 8. The fourth-order valence-electron chi connectivity index (χ4n) is 5.59. The first kappa shape index (κ1) is 25.0. The van der Waals surface area contributed by atoms with E-state index in [0.29, 0.717) is 0 Å². The first-order valence-corrected chi connectivity index (χ1v) is 13.0. The molecule has 0 spiro atoms. The van der Waals surface area contributed by atoms with E-state index < -0.39 is 0 Å². The Hall–Kier alpha value is -3.14. The highest BCUT2D eigenvalue weighted by atomic mass is 14.8. The molecule has 4 nitrogen and oxygen atoms in total. The lowest BCUT2D eigenvalue weighted by Gasteiger charge is -2.08. The summed E-state index contributed by atoms with van der Waals surface area (Å²) in [6.45, 7) is 17.5. The van der Waals surface area contributed by atoms with E-state index in [9.17, 15) is 0 Å². The average molecular weight is 469 g/mol. The summed E-state index contributed by atoms with van der Waals surface area (Å²) >= 11 is 0. The lowest BCUT2D eigenvalue weighted by molar-refractivity contribution is 0.832. The number of aryl methyl sites for hydroxylation is 2. The molecule has 2 aromatic heterocycles. The molecule has 0 atom stereocenters. The molecule has 4 heteroatoms. The fourth-order valence-corrected chi connectivity index (χ4v) is 5.59. The van der Waals surface area contributed by atoms with Crippen LogP contribution in [0.2, 0.25) is 0 Å². The number of H-pyrrole nitrogens is 2. The van der Waals surface area contributed by atoms with E-state index in [4.69, 9.17) is 9.98 Å². The van der Waals surface area contributed by atoms with Crippen molar-refractivity contribution in [3.8, 4) is 0 Å². The maximum absolute atomic E-state index is 4.92. The zero-order valence-electron chi connectivity index (χ0n) is 22.7. The highest BCUT2D eigenvalue weighted by molar-refractivity contribution is 6.04. The molecule has 2 aromatic rings. The van der Waals surface area contributed by atoms with Crippen LogP contribution in [0.3, 0.4) is 0 Å². The molecule has 0 saturated carbocycles. The molecule has 0 aromatic carbocycles. The van der Waals surface area contributed by atoms with Crippen molar-refractivity contribution >= 4 is 23.6 Å². The van der Waals surface area contributed by atoms with Crippen molar-refractivity contribution in [2.75, 3.05) is 0 Å². The molecule has 0 bridgehead atoms. The highest BCUT2D eigenvalue weighted by Crippen LogP contribution is 2.34. The van der Waals surface area contributed by atoms with E-state index in [1.807, 2.05) is 0 Å². The minimum absolute atomic E-state index is 1.03. The van der Waals surface area contributed by atoms with E-state index in [0.717, 1.165) is 54.9 Å². The lowest BCUT2D eigenvalue weighted by atomic mass is 9.95. The molecule has 2 aliphatic rings. The van der Waals surface area contributed by atoms with Crippen molar-refractivity contribution < 1.29 is 0 Å². The van der Waals surface area contributed by atoms with Gasteiger partial charge in [-0.1, -0.05) is 13.8 Å². The van der Waals surface area contributed by atoms with Gasteiger partial charge in [-0.25, -0.2) is 0 Å². The Labute approximate surface area is 210 Å². The van der Waals surface area contributed by atoms with Crippen molar-refractivity contribution in [3.05, 3.63) is 79.7 Å². The molecular weight excluding hydrogens is 428 g/mol. The van der Waals surface area contributed by atoms with Crippen molar-refractivity contribution in [2.24, 2.45) is 9.98 Å². The quantitative estimate of drug-likeness (QED) is 0.392. The number of hydrogen-bond donors (Lipinski definition) is 2. The van der Waals surface area contributed by atoms with Gasteiger partial charge in [0.1, 0.15) is 0 Å². The Morgan fingerprint density at radius 2 is 1.06 bits per heavy atom. The topological polar surface area (TPSA) is 56.3 Å².